The van der Waals surface area contributed by atoms with Crippen molar-refractivity contribution in [1.82, 2.24) is 0 Å². The van der Waals surface area contributed by atoms with Crippen LogP contribution in [0.1, 0.15) is 65.7 Å². The molecule has 0 bridgehead atoms. The van der Waals surface area contributed by atoms with Crippen molar-refractivity contribution in [3.8, 4) is 0 Å². The predicted molar refractivity (Wildman–Crippen MR) is 117 cm³/mol. The summed E-state index contributed by atoms with van der Waals surface area (Å²) >= 11 is 0. The van der Waals surface area contributed by atoms with Gasteiger partial charge in [0.25, 0.3) is 0 Å². The van der Waals surface area contributed by atoms with Crippen LogP contribution in [0.25, 0.3) is 0 Å². The Hall–Kier alpha value is -2.17. The largest absolute Gasteiger partial charge is 0.466 e. The summed E-state index contributed by atoms with van der Waals surface area (Å²) in [5, 5.41) is 0. The Labute approximate surface area is 184 Å². The number of esters is 2. The lowest BCUT2D eigenvalue weighted by molar-refractivity contribution is -0.148. The third-order valence-electron chi connectivity index (χ3n) is 8.81. The van der Waals surface area contributed by atoms with Crippen molar-refractivity contribution in [1.29, 1.82) is 0 Å². The molecule has 0 aromatic heterocycles. The van der Waals surface area contributed by atoms with Gasteiger partial charge >= 0.3 is 11.9 Å². The van der Waals surface area contributed by atoms with Crippen molar-refractivity contribution in [2.45, 2.75) is 71.8 Å². The predicted octanol–water partition coefficient (Wildman–Crippen LogP) is 4.72. The number of rotatable bonds is 4. The van der Waals surface area contributed by atoms with E-state index in [2.05, 4.69) is 30.7 Å². The van der Waals surface area contributed by atoms with Gasteiger partial charge in [-0.15, -0.1) is 0 Å². The summed E-state index contributed by atoms with van der Waals surface area (Å²) in [5.41, 5.74) is 2.38. The number of hydrogen-bond acceptors (Lipinski definition) is 5. The van der Waals surface area contributed by atoms with E-state index in [4.69, 9.17) is 4.74 Å². The van der Waals surface area contributed by atoms with E-state index in [0.717, 1.165) is 50.5 Å². The van der Waals surface area contributed by atoms with Crippen LogP contribution in [0.15, 0.2) is 35.5 Å². The minimum absolute atomic E-state index is 0.0150. The van der Waals surface area contributed by atoms with E-state index in [9.17, 15) is 14.4 Å². The van der Waals surface area contributed by atoms with Gasteiger partial charge in [-0.1, -0.05) is 31.6 Å². The molecular weight excluding hydrogens is 392 g/mol. The fourth-order valence-electron chi connectivity index (χ4n) is 7.21. The normalized spacial score (nSPS) is 39.0. The average molecular weight is 427 g/mol. The zero-order valence-corrected chi connectivity index (χ0v) is 19.1. The van der Waals surface area contributed by atoms with Crippen LogP contribution in [0.2, 0.25) is 0 Å². The lowest BCUT2D eigenvalue weighted by Gasteiger charge is -2.57. The highest BCUT2D eigenvalue weighted by Gasteiger charge is 2.57. The molecule has 0 heterocycles. The van der Waals surface area contributed by atoms with Crippen LogP contribution in [-0.4, -0.2) is 30.9 Å². The van der Waals surface area contributed by atoms with Crippen molar-refractivity contribution in [2.75, 3.05) is 7.11 Å². The molecule has 31 heavy (non-hydrogen) atoms. The molecule has 6 unspecified atom stereocenters. The summed E-state index contributed by atoms with van der Waals surface area (Å²) < 4.78 is 10.2. The first kappa shape index (κ1) is 22.0. The molecule has 2 fully saturated rings. The number of methoxy groups -OCH3 is 1. The fourth-order valence-corrected chi connectivity index (χ4v) is 7.21. The standard InChI is InChI=1S/C26H34O5/c1-16(27)31-18-11-13-25(2)17(15-18)5-6-19-20-7-8-22(23(28)9-10-24(29)30-4)26(20,3)14-12-21(19)25/h5,8-10,18-21H,6-7,11-15H2,1-4H3. The van der Waals surface area contributed by atoms with Crippen molar-refractivity contribution in [3.05, 3.63) is 35.5 Å². The van der Waals surface area contributed by atoms with Crippen LogP contribution in [0.4, 0.5) is 0 Å². The first-order valence-electron chi connectivity index (χ1n) is 11.6. The first-order chi connectivity index (χ1) is 14.7. The van der Waals surface area contributed by atoms with Crippen LogP contribution < -0.4 is 0 Å². The van der Waals surface area contributed by atoms with Crippen molar-refractivity contribution < 1.29 is 23.9 Å². The molecular formula is C26H34O5. The minimum atomic E-state index is -0.500. The Balaban J connectivity index is 1.53. The summed E-state index contributed by atoms with van der Waals surface area (Å²) in [6.45, 7) is 6.15. The third kappa shape index (κ3) is 3.70. The number of hydrogen-bond donors (Lipinski definition) is 0. The molecule has 5 nitrogen and oxygen atoms in total. The maximum atomic E-state index is 12.9. The Morgan fingerprint density at radius 1 is 1.00 bits per heavy atom. The number of ether oxygens (including phenoxy) is 2. The monoisotopic (exact) mass is 426 g/mol. The van der Waals surface area contributed by atoms with E-state index >= 15 is 0 Å². The number of allylic oxidation sites excluding steroid dienone is 4. The van der Waals surface area contributed by atoms with Crippen LogP contribution in [0, 0.1) is 28.6 Å². The lowest BCUT2D eigenvalue weighted by atomic mass is 9.47. The van der Waals surface area contributed by atoms with Gasteiger partial charge in [0.15, 0.2) is 5.78 Å². The maximum absolute atomic E-state index is 12.9. The molecule has 0 spiro atoms. The highest BCUT2D eigenvalue weighted by molar-refractivity contribution is 6.07. The molecule has 4 aliphatic rings. The van der Waals surface area contributed by atoms with Gasteiger partial charge in [-0.05, 0) is 73.2 Å². The number of fused-ring (bicyclic) bond motifs is 5. The van der Waals surface area contributed by atoms with Gasteiger partial charge in [-0.25, -0.2) is 4.79 Å². The molecule has 4 rings (SSSR count). The molecule has 6 atom stereocenters. The van der Waals surface area contributed by atoms with Crippen molar-refractivity contribution >= 4 is 17.7 Å². The van der Waals surface area contributed by atoms with Gasteiger partial charge in [-0.3, -0.25) is 9.59 Å². The third-order valence-corrected chi connectivity index (χ3v) is 8.81. The van der Waals surface area contributed by atoms with Crippen molar-refractivity contribution in [3.63, 3.8) is 0 Å². The van der Waals surface area contributed by atoms with Crippen molar-refractivity contribution in [2.24, 2.45) is 28.6 Å². The zero-order chi connectivity index (χ0) is 22.4. The molecule has 0 radical (unpaired) electrons. The molecule has 2 saturated carbocycles. The van der Waals surface area contributed by atoms with Crippen LogP contribution in [0.5, 0.6) is 0 Å². The maximum Gasteiger partial charge on any atom is 0.330 e. The molecule has 0 N–H and O–H groups in total. The van der Waals surface area contributed by atoms with Gasteiger partial charge < -0.3 is 9.47 Å². The van der Waals surface area contributed by atoms with Gasteiger partial charge in [-0.2, -0.15) is 0 Å². The Kier molecular flexibility index (Phi) is 5.74. The molecule has 0 aromatic carbocycles. The molecule has 5 heteroatoms. The molecule has 0 amide bonds. The number of carbonyl (C=O) groups is 3. The molecule has 0 saturated heterocycles. The Morgan fingerprint density at radius 2 is 1.74 bits per heavy atom. The Bertz CT molecular complexity index is 880. The zero-order valence-electron chi connectivity index (χ0n) is 19.1. The summed E-state index contributed by atoms with van der Waals surface area (Å²) in [4.78, 5) is 35.7. The highest BCUT2D eigenvalue weighted by atomic mass is 16.5. The molecule has 0 aromatic rings. The first-order valence-corrected chi connectivity index (χ1v) is 11.6. The van der Waals surface area contributed by atoms with E-state index in [0.29, 0.717) is 17.8 Å². The van der Waals surface area contributed by atoms with E-state index < -0.39 is 5.97 Å². The fraction of sp³-hybridized carbons (Fsp3) is 0.654. The van der Waals surface area contributed by atoms with Crippen LogP contribution in [-0.2, 0) is 23.9 Å². The summed E-state index contributed by atoms with van der Waals surface area (Å²) in [7, 11) is 1.32. The van der Waals surface area contributed by atoms with Gasteiger partial charge in [0.05, 0.1) is 7.11 Å². The van der Waals surface area contributed by atoms with Crippen LogP contribution >= 0.6 is 0 Å². The highest BCUT2D eigenvalue weighted by Crippen LogP contribution is 2.65. The number of carbonyl (C=O) groups excluding carboxylic acids is 3. The number of ketones is 1. The van der Waals surface area contributed by atoms with E-state index in [1.54, 1.807) is 0 Å². The van der Waals surface area contributed by atoms with Gasteiger partial charge in [0.2, 0.25) is 0 Å². The lowest BCUT2D eigenvalue weighted by Crippen LogP contribution is -2.50. The molecule has 0 aliphatic heterocycles. The van der Waals surface area contributed by atoms with E-state index in [1.807, 2.05) is 0 Å². The molecule has 168 valence electrons. The topological polar surface area (TPSA) is 69.7 Å². The second kappa shape index (κ2) is 8.07. The quantitative estimate of drug-likeness (QED) is 0.370. The summed E-state index contributed by atoms with van der Waals surface area (Å²) in [6.07, 6.45) is 14.1. The second-order valence-electron chi connectivity index (χ2n) is 10.3. The Morgan fingerprint density at radius 3 is 2.45 bits per heavy atom. The minimum Gasteiger partial charge on any atom is -0.466 e. The SMILES string of the molecule is COC(=O)C=CC(=O)C1=CCC2C3CC=C4CC(OC(C)=O)CCC4(C)C3CCC12C. The summed E-state index contributed by atoms with van der Waals surface area (Å²) in [5.74, 6) is 0.874. The molecule has 4 aliphatic carbocycles. The van der Waals surface area contributed by atoms with E-state index in [-0.39, 0.29) is 28.7 Å². The van der Waals surface area contributed by atoms with Gasteiger partial charge in [0, 0.05) is 25.0 Å². The van der Waals surface area contributed by atoms with E-state index in [1.165, 1.54) is 31.8 Å². The van der Waals surface area contributed by atoms with Crippen LogP contribution in [0.3, 0.4) is 0 Å². The average Bonchev–Trinajstić information content (AvgIpc) is 3.09. The smallest absolute Gasteiger partial charge is 0.330 e. The van der Waals surface area contributed by atoms with Gasteiger partial charge in [0.1, 0.15) is 6.10 Å². The second-order valence-corrected chi connectivity index (χ2v) is 10.3. The summed E-state index contributed by atoms with van der Waals surface area (Å²) in [6, 6.07) is 0.